The van der Waals surface area contributed by atoms with E-state index in [0.29, 0.717) is 23.6 Å². The minimum atomic E-state index is -3.94. The molecule has 168 valence electrons. The van der Waals surface area contributed by atoms with Gasteiger partial charge in [0.1, 0.15) is 11.8 Å². The van der Waals surface area contributed by atoms with E-state index in [9.17, 15) is 13.2 Å². The Morgan fingerprint density at radius 1 is 0.969 bits per heavy atom. The molecule has 2 N–H and O–H groups in total. The van der Waals surface area contributed by atoms with Crippen molar-refractivity contribution in [3.8, 4) is 5.75 Å². The number of ether oxygens (including phenoxy) is 1. The van der Waals surface area contributed by atoms with Crippen LogP contribution in [0.25, 0.3) is 0 Å². The number of sulfonamides is 1. The summed E-state index contributed by atoms with van der Waals surface area (Å²) in [5.74, 6) is 0.202. The van der Waals surface area contributed by atoms with Crippen LogP contribution >= 0.6 is 0 Å². The molecule has 3 aromatic carbocycles. The molecule has 0 heterocycles. The van der Waals surface area contributed by atoms with Gasteiger partial charge in [-0.15, -0.1) is 0 Å². The largest absolute Gasteiger partial charge is 0.494 e. The topological polar surface area (TPSA) is 84.5 Å². The molecule has 0 aliphatic carbocycles. The third-order valence-corrected chi connectivity index (χ3v) is 6.44. The van der Waals surface area contributed by atoms with Crippen LogP contribution in [0.2, 0.25) is 0 Å². The van der Waals surface area contributed by atoms with Crippen LogP contribution in [0.5, 0.6) is 5.75 Å². The van der Waals surface area contributed by atoms with Crippen molar-refractivity contribution in [2.45, 2.75) is 38.1 Å². The Kier molecular flexibility index (Phi) is 7.66. The summed E-state index contributed by atoms with van der Waals surface area (Å²) in [5.41, 5.74) is 3.23. The minimum Gasteiger partial charge on any atom is -0.494 e. The van der Waals surface area contributed by atoms with Crippen molar-refractivity contribution in [2.24, 2.45) is 0 Å². The first kappa shape index (κ1) is 23.5. The van der Waals surface area contributed by atoms with Crippen LogP contribution in [0.3, 0.4) is 0 Å². The van der Waals surface area contributed by atoms with E-state index in [4.69, 9.17) is 4.74 Å². The molecular formula is C25H28N2O4S. The van der Waals surface area contributed by atoms with Crippen molar-refractivity contribution in [3.05, 3.63) is 89.5 Å². The summed E-state index contributed by atoms with van der Waals surface area (Å²) in [6.07, 6.45) is 0.216. The number of hydrogen-bond acceptors (Lipinski definition) is 4. The molecular weight excluding hydrogens is 424 g/mol. The quantitative estimate of drug-likeness (QED) is 0.509. The van der Waals surface area contributed by atoms with Crippen molar-refractivity contribution in [3.63, 3.8) is 0 Å². The molecule has 0 radical (unpaired) electrons. The second-order valence-corrected chi connectivity index (χ2v) is 9.29. The Labute approximate surface area is 189 Å². The highest BCUT2D eigenvalue weighted by Gasteiger charge is 2.26. The van der Waals surface area contributed by atoms with E-state index in [1.54, 1.807) is 31.2 Å². The fourth-order valence-corrected chi connectivity index (χ4v) is 4.55. The van der Waals surface area contributed by atoms with E-state index in [1.807, 2.05) is 56.3 Å². The van der Waals surface area contributed by atoms with Gasteiger partial charge in [-0.1, -0.05) is 48.0 Å². The molecule has 32 heavy (non-hydrogen) atoms. The third-order valence-electron chi connectivity index (χ3n) is 4.97. The summed E-state index contributed by atoms with van der Waals surface area (Å²) in [5, 5.41) is 2.81. The van der Waals surface area contributed by atoms with Gasteiger partial charge in [0.2, 0.25) is 15.9 Å². The summed E-state index contributed by atoms with van der Waals surface area (Å²) < 4.78 is 34.3. The number of benzene rings is 3. The zero-order chi connectivity index (χ0) is 23.1. The summed E-state index contributed by atoms with van der Waals surface area (Å²) in [7, 11) is -3.94. The Balaban J connectivity index is 1.86. The molecule has 1 atom stereocenters. The molecule has 1 amide bonds. The maximum Gasteiger partial charge on any atom is 0.242 e. The van der Waals surface area contributed by atoms with E-state index in [0.717, 1.165) is 11.1 Å². The number of rotatable bonds is 9. The molecule has 3 rings (SSSR count). The molecule has 0 fully saturated rings. The second kappa shape index (κ2) is 10.4. The zero-order valence-corrected chi connectivity index (χ0v) is 19.3. The van der Waals surface area contributed by atoms with Gasteiger partial charge in [0.25, 0.3) is 0 Å². The monoisotopic (exact) mass is 452 g/mol. The average molecular weight is 453 g/mol. The molecule has 0 aliphatic heterocycles. The first-order chi connectivity index (χ1) is 15.3. The highest BCUT2D eigenvalue weighted by atomic mass is 32.2. The van der Waals surface area contributed by atoms with Crippen LogP contribution in [0, 0.1) is 13.8 Å². The van der Waals surface area contributed by atoms with E-state index in [2.05, 4.69) is 10.0 Å². The zero-order valence-electron chi connectivity index (χ0n) is 18.5. The van der Waals surface area contributed by atoms with Crippen molar-refractivity contribution >= 4 is 21.6 Å². The number of anilines is 1. The first-order valence-corrected chi connectivity index (χ1v) is 11.9. The Hall–Kier alpha value is -3.16. The number of nitrogens with one attached hydrogen (secondary N) is 2. The molecule has 0 aliphatic rings. The first-order valence-electron chi connectivity index (χ1n) is 10.5. The highest BCUT2D eigenvalue weighted by Crippen LogP contribution is 2.22. The minimum absolute atomic E-state index is 0.0830. The van der Waals surface area contributed by atoms with E-state index >= 15 is 0 Å². The van der Waals surface area contributed by atoms with Crippen LogP contribution in [0.15, 0.2) is 77.7 Å². The standard InChI is InChI=1S/C25H28N2O4S/c1-4-31-24-15-14-22(16-19(24)3)32(29,30)27-23(17-20-8-6-5-7-9-20)25(28)26-21-12-10-18(2)11-13-21/h5-16,23,27H,4,17H2,1-3H3,(H,26,28)/t23-/m1/s1. The number of amides is 1. The van der Waals surface area contributed by atoms with Crippen LogP contribution in [-0.4, -0.2) is 27.0 Å². The second-order valence-electron chi connectivity index (χ2n) is 7.58. The molecule has 0 spiro atoms. The smallest absolute Gasteiger partial charge is 0.242 e. The lowest BCUT2D eigenvalue weighted by Gasteiger charge is -2.19. The lowest BCUT2D eigenvalue weighted by molar-refractivity contribution is -0.117. The molecule has 0 aromatic heterocycles. The van der Waals surface area contributed by atoms with E-state index in [1.165, 1.54) is 6.07 Å². The Morgan fingerprint density at radius 2 is 1.66 bits per heavy atom. The van der Waals surface area contributed by atoms with Gasteiger partial charge in [0.15, 0.2) is 0 Å². The normalized spacial score (nSPS) is 12.2. The average Bonchev–Trinajstić information content (AvgIpc) is 2.77. The van der Waals surface area contributed by atoms with Crippen LogP contribution in [0.4, 0.5) is 5.69 Å². The van der Waals surface area contributed by atoms with E-state index < -0.39 is 22.0 Å². The third kappa shape index (κ3) is 6.18. The van der Waals surface area contributed by atoms with Gasteiger partial charge in [-0.3, -0.25) is 4.79 Å². The molecule has 7 heteroatoms. The number of hydrogen-bond donors (Lipinski definition) is 2. The molecule has 3 aromatic rings. The molecule has 6 nitrogen and oxygen atoms in total. The van der Waals surface area contributed by atoms with E-state index in [-0.39, 0.29) is 11.3 Å². The summed E-state index contributed by atoms with van der Waals surface area (Å²) in [6, 6.07) is 20.3. The van der Waals surface area contributed by atoms with Gasteiger partial charge in [0, 0.05) is 5.69 Å². The van der Waals surface area contributed by atoms with Crippen molar-refractivity contribution < 1.29 is 17.9 Å². The number of aryl methyl sites for hydroxylation is 2. The van der Waals surface area contributed by atoms with Crippen molar-refractivity contribution in [1.29, 1.82) is 0 Å². The lowest BCUT2D eigenvalue weighted by Crippen LogP contribution is -2.45. The fourth-order valence-electron chi connectivity index (χ4n) is 3.27. The van der Waals surface area contributed by atoms with Crippen molar-refractivity contribution in [1.82, 2.24) is 4.72 Å². The lowest BCUT2D eigenvalue weighted by atomic mass is 10.1. The summed E-state index contributed by atoms with van der Waals surface area (Å²) in [4.78, 5) is 13.1. The predicted octanol–water partition coefficient (Wildman–Crippen LogP) is 4.23. The molecule has 0 bridgehead atoms. The van der Waals surface area contributed by atoms with Gasteiger partial charge in [0.05, 0.1) is 11.5 Å². The number of carbonyl (C=O) groups excluding carboxylic acids is 1. The van der Waals surface area contributed by atoms with Crippen molar-refractivity contribution in [2.75, 3.05) is 11.9 Å². The highest BCUT2D eigenvalue weighted by molar-refractivity contribution is 7.89. The predicted molar refractivity (Wildman–Crippen MR) is 126 cm³/mol. The molecule has 0 saturated carbocycles. The van der Waals surface area contributed by atoms with Crippen LogP contribution < -0.4 is 14.8 Å². The van der Waals surface area contributed by atoms with Crippen LogP contribution in [0.1, 0.15) is 23.6 Å². The Bertz CT molecular complexity index is 1160. The molecule has 0 saturated heterocycles. The van der Waals surface area contributed by atoms with Gasteiger partial charge in [-0.05, 0) is 68.7 Å². The van der Waals surface area contributed by atoms with Gasteiger partial charge in [-0.25, -0.2) is 8.42 Å². The molecule has 0 unspecified atom stereocenters. The van der Waals surface area contributed by atoms with Gasteiger partial charge in [-0.2, -0.15) is 4.72 Å². The van der Waals surface area contributed by atoms with Crippen LogP contribution in [-0.2, 0) is 21.2 Å². The summed E-state index contributed by atoms with van der Waals surface area (Å²) in [6.45, 7) is 6.10. The fraction of sp³-hybridized carbons (Fsp3) is 0.240. The summed E-state index contributed by atoms with van der Waals surface area (Å²) >= 11 is 0. The van der Waals surface area contributed by atoms with Gasteiger partial charge >= 0.3 is 0 Å². The SMILES string of the molecule is CCOc1ccc(S(=O)(=O)N[C@H](Cc2ccccc2)C(=O)Nc2ccc(C)cc2)cc1C. The maximum absolute atomic E-state index is 13.1. The number of carbonyl (C=O) groups is 1. The maximum atomic E-state index is 13.1. The Morgan fingerprint density at radius 3 is 2.28 bits per heavy atom. The van der Waals surface area contributed by atoms with Gasteiger partial charge < -0.3 is 10.1 Å².